The van der Waals surface area contributed by atoms with Crippen molar-refractivity contribution in [1.82, 2.24) is 4.90 Å². The van der Waals surface area contributed by atoms with Crippen molar-refractivity contribution in [3.8, 4) is 0 Å². The van der Waals surface area contributed by atoms with Gasteiger partial charge in [0.2, 0.25) is 5.91 Å². The number of benzene rings is 2. The minimum Gasteiger partial charge on any atom is -0.311 e. The summed E-state index contributed by atoms with van der Waals surface area (Å²) in [7, 11) is 0.927. The third-order valence-corrected chi connectivity index (χ3v) is 6.00. The van der Waals surface area contributed by atoms with Crippen LogP contribution in [-0.2, 0) is 15.6 Å². The average molecular weight is 356 g/mol. The maximum absolute atomic E-state index is 12.9. The molecule has 5 heteroatoms. The Morgan fingerprint density at radius 3 is 2.40 bits per heavy atom. The predicted molar refractivity (Wildman–Crippen MR) is 102 cm³/mol. The van der Waals surface area contributed by atoms with Gasteiger partial charge < -0.3 is 4.90 Å². The first kappa shape index (κ1) is 17.8. The second kappa shape index (κ2) is 8.41. The molecule has 132 valence electrons. The zero-order valence-electron chi connectivity index (χ0n) is 14.5. The molecule has 0 radical (unpaired) electrons. The van der Waals surface area contributed by atoms with Crippen molar-refractivity contribution >= 4 is 22.4 Å². The standard InChI is InChI=1S/C20H24N2O2S/c1-21(15-16-25(24)18-11-6-3-7-12-18)19-13-8-14-22(20(19)23)17-9-4-2-5-10-17/h2-7,9-12,19H,8,13-16H2,1H3. The van der Waals surface area contributed by atoms with E-state index in [9.17, 15) is 9.00 Å². The largest absolute Gasteiger partial charge is 0.311 e. The van der Waals surface area contributed by atoms with Gasteiger partial charge in [0.25, 0.3) is 0 Å². The normalized spacial score (nSPS) is 19.2. The fourth-order valence-electron chi connectivity index (χ4n) is 3.20. The zero-order chi connectivity index (χ0) is 17.6. The van der Waals surface area contributed by atoms with E-state index in [1.165, 1.54) is 0 Å². The lowest BCUT2D eigenvalue weighted by Crippen LogP contribution is -2.52. The van der Waals surface area contributed by atoms with Crippen LogP contribution in [0.2, 0.25) is 0 Å². The summed E-state index contributed by atoms with van der Waals surface area (Å²) in [6.45, 7) is 1.41. The van der Waals surface area contributed by atoms with Gasteiger partial charge in [-0.3, -0.25) is 13.9 Å². The minimum absolute atomic E-state index is 0.137. The average Bonchev–Trinajstić information content (AvgIpc) is 2.67. The Labute approximate surface area is 151 Å². The number of anilines is 1. The minimum atomic E-state index is -1.03. The first-order valence-corrected chi connectivity index (χ1v) is 9.99. The topological polar surface area (TPSA) is 40.6 Å². The number of amides is 1. The highest BCUT2D eigenvalue weighted by atomic mass is 32.2. The summed E-state index contributed by atoms with van der Waals surface area (Å²) < 4.78 is 12.4. The van der Waals surface area contributed by atoms with E-state index in [4.69, 9.17) is 0 Å². The van der Waals surface area contributed by atoms with Crippen LogP contribution in [-0.4, -0.2) is 46.9 Å². The van der Waals surface area contributed by atoms with E-state index in [1.54, 1.807) is 0 Å². The van der Waals surface area contributed by atoms with Crippen molar-refractivity contribution in [3.05, 3.63) is 60.7 Å². The van der Waals surface area contributed by atoms with E-state index in [0.29, 0.717) is 12.3 Å². The third-order valence-electron chi connectivity index (χ3n) is 4.65. The Morgan fingerprint density at radius 1 is 1.08 bits per heavy atom. The van der Waals surface area contributed by atoms with Gasteiger partial charge in [0.1, 0.15) is 0 Å². The molecule has 4 nitrogen and oxygen atoms in total. The monoisotopic (exact) mass is 356 g/mol. The summed E-state index contributed by atoms with van der Waals surface area (Å²) in [6, 6.07) is 19.2. The SMILES string of the molecule is CN(CCS(=O)c1ccccc1)C1CCCN(c2ccccc2)C1=O. The van der Waals surface area contributed by atoms with Gasteiger partial charge in [-0.15, -0.1) is 0 Å². The van der Waals surface area contributed by atoms with Crippen LogP contribution in [0.3, 0.4) is 0 Å². The Balaban J connectivity index is 1.61. The number of nitrogens with zero attached hydrogens (tertiary/aromatic N) is 2. The van der Waals surface area contributed by atoms with Crippen LogP contribution in [0.5, 0.6) is 0 Å². The fourth-order valence-corrected chi connectivity index (χ4v) is 4.35. The number of carbonyl (C=O) groups is 1. The highest BCUT2D eigenvalue weighted by molar-refractivity contribution is 7.85. The van der Waals surface area contributed by atoms with Gasteiger partial charge in [-0.2, -0.15) is 0 Å². The molecule has 1 heterocycles. The summed E-state index contributed by atoms with van der Waals surface area (Å²) in [5.74, 6) is 0.681. The molecule has 2 aromatic rings. The summed E-state index contributed by atoms with van der Waals surface area (Å²) in [5.41, 5.74) is 0.957. The van der Waals surface area contributed by atoms with Gasteiger partial charge in [-0.05, 0) is 44.2 Å². The van der Waals surface area contributed by atoms with E-state index in [2.05, 4.69) is 4.90 Å². The van der Waals surface area contributed by atoms with E-state index in [0.717, 1.165) is 30.0 Å². The molecule has 1 amide bonds. The zero-order valence-corrected chi connectivity index (χ0v) is 15.3. The molecular formula is C20H24N2O2S. The third kappa shape index (κ3) is 4.35. The van der Waals surface area contributed by atoms with Crippen LogP contribution < -0.4 is 4.90 Å². The molecule has 0 aliphatic carbocycles. The van der Waals surface area contributed by atoms with Gasteiger partial charge in [0, 0.05) is 29.4 Å². The molecule has 1 fully saturated rings. The molecule has 2 unspecified atom stereocenters. The van der Waals surface area contributed by atoms with Gasteiger partial charge in [0.05, 0.1) is 16.8 Å². The quantitative estimate of drug-likeness (QED) is 0.799. The number of likely N-dealkylation sites (N-methyl/N-ethyl adjacent to an activating group) is 1. The smallest absolute Gasteiger partial charge is 0.244 e. The predicted octanol–water partition coefficient (Wildman–Crippen LogP) is 2.92. The van der Waals surface area contributed by atoms with Crippen LogP contribution in [0.15, 0.2) is 65.6 Å². The molecule has 0 aromatic heterocycles. The van der Waals surface area contributed by atoms with Crippen LogP contribution in [0.25, 0.3) is 0 Å². The maximum atomic E-state index is 12.9. The molecule has 2 aromatic carbocycles. The van der Waals surface area contributed by atoms with E-state index in [1.807, 2.05) is 72.6 Å². The van der Waals surface area contributed by atoms with Crippen molar-refractivity contribution in [2.24, 2.45) is 0 Å². The molecule has 0 saturated carbocycles. The van der Waals surface area contributed by atoms with Crippen LogP contribution in [0.1, 0.15) is 12.8 Å². The lowest BCUT2D eigenvalue weighted by atomic mass is 10.0. The summed E-state index contributed by atoms with van der Waals surface area (Å²) in [6.07, 6.45) is 1.84. The van der Waals surface area contributed by atoms with Crippen molar-refractivity contribution in [2.75, 3.05) is 30.8 Å². The van der Waals surface area contributed by atoms with Gasteiger partial charge in [-0.1, -0.05) is 36.4 Å². The molecule has 3 rings (SSSR count). The molecule has 1 aliphatic heterocycles. The summed E-state index contributed by atoms with van der Waals surface area (Å²) in [4.78, 5) is 17.7. The van der Waals surface area contributed by atoms with Crippen molar-refractivity contribution in [3.63, 3.8) is 0 Å². The van der Waals surface area contributed by atoms with Gasteiger partial charge >= 0.3 is 0 Å². The summed E-state index contributed by atoms with van der Waals surface area (Å²) >= 11 is 0. The Morgan fingerprint density at radius 2 is 1.72 bits per heavy atom. The number of carbonyl (C=O) groups excluding carboxylic acids is 1. The second-order valence-electron chi connectivity index (χ2n) is 6.33. The Kier molecular flexibility index (Phi) is 6.00. The van der Waals surface area contributed by atoms with Crippen molar-refractivity contribution in [2.45, 2.75) is 23.8 Å². The Bertz CT molecular complexity index is 721. The fraction of sp³-hybridized carbons (Fsp3) is 0.350. The molecule has 1 saturated heterocycles. The van der Waals surface area contributed by atoms with Crippen molar-refractivity contribution in [1.29, 1.82) is 0 Å². The number of hydrogen-bond donors (Lipinski definition) is 0. The van der Waals surface area contributed by atoms with Gasteiger partial charge in [-0.25, -0.2) is 0 Å². The van der Waals surface area contributed by atoms with E-state index in [-0.39, 0.29) is 11.9 Å². The van der Waals surface area contributed by atoms with E-state index < -0.39 is 10.8 Å². The molecule has 0 spiro atoms. The Hall–Kier alpha value is -1.98. The van der Waals surface area contributed by atoms with Crippen LogP contribution >= 0.6 is 0 Å². The molecule has 2 atom stereocenters. The molecule has 0 N–H and O–H groups in total. The highest BCUT2D eigenvalue weighted by Crippen LogP contribution is 2.23. The lowest BCUT2D eigenvalue weighted by Gasteiger charge is -2.36. The first-order valence-electron chi connectivity index (χ1n) is 8.67. The molecule has 25 heavy (non-hydrogen) atoms. The van der Waals surface area contributed by atoms with Crippen LogP contribution in [0, 0.1) is 0 Å². The number of hydrogen-bond acceptors (Lipinski definition) is 3. The first-order chi connectivity index (χ1) is 12.2. The maximum Gasteiger partial charge on any atom is 0.244 e. The number of rotatable bonds is 6. The molecule has 1 aliphatic rings. The summed E-state index contributed by atoms with van der Waals surface area (Å²) in [5, 5.41) is 0. The lowest BCUT2D eigenvalue weighted by molar-refractivity contribution is -0.124. The van der Waals surface area contributed by atoms with Crippen LogP contribution in [0.4, 0.5) is 5.69 Å². The van der Waals surface area contributed by atoms with Gasteiger partial charge in [0.15, 0.2) is 0 Å². The molecule has 0 bridgehead atoms. The molecular weight excluding hydrogens is 332 g/mol. The number of piperidine rings is 1. The van der Waals surface area contributed by atoms with Crippen molar-refractivity contribution < 1.29 is 9.00 Å². The number of para-hydroxylation sites is 1. The highest BCUT2D eigenvalue weighted by Gasteiger charge is 2.32. The second-order valence-corrected chi connectivity index (χ2v) is 7.90. The van der Waals surface area contributed by atoms with E-state index >= 15 is 0 Å².